The average Bonchev–Trinajstić information content (AvgIpc) is 2.88. The number of nitrogens with one attached hydrogen (secondary N) is 1. The fourth-order valence-electron chi connectivity index (χ4n) is 4.11. The van der Waals surface area contributed by atoms with Gasteiger partial charge in [-0.05, 0) is 54.1 Å². The summed E-state index contributed by atoms with van der Waals surface area (Å²) in [5.74, 6) is 1.19. The van der Waals surface area contributed by atoms with Crippen molar-refractivity contribution in [2.24, 2.45) is 0 Å². The first kappa shape index (κ1) is 24.1. The highest BCUT2D eigenvalue weighted by Crippen LogP contribution is 2.42. The molecular weight excluding hydrogens is 448 g/mol. The Morgan fingerprint density at radius 1 is 1.06 bits per heavy atom. The molecule has 1 amide bonds. The van der Waals surface area contributed by atoms with Crippen molar-refractivity contribution in [3.8, 4) is 11.5 Å². The SMILES string of the molecule is COc1cc2c(cc1OC)SN(Cc1ccccc1)C(C(=O)N[C@@H](C)C(O)c1ccccc1)C2. The van der Waals surface area contributed by atoms with Crippen LogP contribution < -0.4 is 14.8 Å². The predicted octanol–water partition coefficient (Wildman–Crippen LogP) is 4.38. The lowest BCUT2D eigenvalue weighted by atomic mass is 10.0. The Balaban J connectivity index is 1.59. The highest BCUT2D eigenvalue weighted by molar-refractivity contribution is 7.97. The summed E-state index contributed by atoms with van der Waals surface area (Å²) in [7, 11) is 3.23. The third kappa shape index (κ3) is 5.38. The molecule has 1 aliphatic heterocycles. The Kier molecular flexibility index (Phi) is 7.77. The summed E-state index contributed by atoms with van der Waals surface area (Å²) < 4.78 is 13.1. The number of aliphatic hydroxyl groups is 1. The van der Waals surface area contributed by atoms with E-state index in [4.69, 9.17) is 9.47 Å². The molecule has 3 atom stereocenters. The number of amides is 1. The van der Waals surface area contributed by atoms with E-state index in [1.165, 1.54) is 0 Å². The molecule has 1 aliphatic rings. The number of fused-ring (bicyclic) bond motifs is 1. The van der Waals surface area contributed by atoms with Crippen LogP contribution in [0.3, 0.4) is 0 Å². The molecule has 2 N–H and O–H groups in total. The summed E-state index contributed by atoms with van der Waals surface area (Å²) >= 11 is 1.54. The minimum Gasteiger partial charge on any atom is -0.493 e. The number of nitrogens with zero attached hydrogens (tertiary/aromatic N) is 1. The summed E-state index contributed by atoms with van der Waals surface area (Å²) in [5, 5.41) is 13.8. The van der Waals surface area contributed by atoms with Gasteiger partial charge in [0.05, 0.1) is 26.4 Å². The Hall–Kier alpha value is -3.00. The predicted molar refractivity (Wildman–Crippen MR) is 134 cm³/mol. The lowest BCUT2D eigenvalue weighted by molar-refractivity contribution is -0.126. The summed E-state index contributed by atoms with van der Waals surface area (Å²) in [6.07, 6.45) is -0.268. The number of benzene rings is 3. The van der Waals surface area contributed by atoms with Crippen LogP contribution >= 0.6 is 11.9 Å². The Bertz CT molecular complexity index is 1110. The second kappa shape index (κ2) is 11.0. The smallest absolute Gasteiger partial charge is 0.238 e. The van der Waals surface area contributed by atoms with Gasteiger partial charge in [0, 0.05) is 11.4 Å². The van der Waals surface area contributed by atoms with Crippen molar-refractivity contribution in [2.75, 3.05) is 14.2 Å². The Labute approximate surface area is 205 Å². The number of hydrogen-bond donors (Lipinski definition) is 2. The minimum absolute atomic E-state index is 0.119. The summed E-state index contributed by atoms with van der Waals surface area (Å²) in [6, 6.07) is 22.5. The van der Waals surface area contributed by atoms with E-state index in [2.05, 4.69) is 21.8 Å². The highest BCUT2D eigenvalue weighted by Gasteiger charge is 2.35. The van der Waals surface area contributed by atoms with E-state index in [9.17, 15) is 9.90 Å². The molecule has 0 radical (unpaired) electrons. The number of methoxy groups -OCH3 is 2. The molecule has 0 bridgehead atoms. The van der Waals surface area contributed by atoms with Crippen molar-refractivity contribution >= 4 is 17.9 Å². The monoisotopic (exact) mass is 478 g/mol. The quantitative estimate of drug-likeness (QED) is 0.469. The largest absolute Gasteiger partial charge is 0.493 e. The van der Waals surface area contributed by atoms with Crippen LogP contribution in [0.1, 0.15) is 29.7 Å². The molecule has 1 heterocycles. The van der Waals surface area contributed by atoms with Gasteiger partial charge in [0.1, 0.15) is 6.04 Å². The fourth-order valence-corrected chi connectivity index (χ4v) is 5.30. The second-order valence-corrected chi connectivity index (χ2v) is 9.43. The van der Waals surface area contributed by atoms with Crippen LogP contribution in [0.15, 0.2) is 77.7 Å². The van der Waals surface area contributed by atoms with Gasteiger partial charge in [0.25, 0.3) is 0 Å². The zero-order chi connectivity index (χ0) is 24.1. The highest BCUT2D eigenvalue weighted by atomic mass is 32.2. The zero-order valence-corrected chi connectivity index (χ0v) is 20.4. The van der Waals surface area contributed by atoms with E-state index < -0.39 is 18.2 Å². The van der Waals surface area contributed by atoms with Crippen molar-refractivity contribution < 1.29 is 19.4 Å². The molecule has 0 saturated carbocycles. The van der Waals surface area contributed by atoms with Crippen molar-refractivity contribution in [1.29, 1.82) is 0 Å². The molecule has 178 valence electrons. The molecule has 0 aliphatic carbocycles. The number of carbonyl (C=O) groups is 1. The van der Waals surface area contributed by atoms with E-state index in [0.29, 0.717) is 24.5 Å². The van der Waals surface area contributed by atoms with Gasteiger partial charge in [-0.3, -0.25) is 4.79 Å². The average molecular weight is 479 g/mol. The topological polar surface area (TPSA) is 71.0 Å². The molecule has 3 aromatic rings. The standard InChI is InChI=1S/C27H30N2O4S/c1-18(26(30)20-12-8-5-9-13-20)28-27(31)22-14-21-15-23(32-2)24(33-3)16-25(21)34-29(22)17-19-10-6-4-7-11-19/h4-13,15-16,18,22,26,30H,14,17H2,1-3H3,(H,28,31)/t18-,22?,26?/m0/s1. The van der Waals surface area contributed by atoms with Gasteiger partial charge in [0.15, 0.2) is 11.5 Å². The number of aliphatic hydroxyl groups excluding tert-OH is 1. The van der Waals surface area contributed by atoms with Crippen molar-refractivity contribution in [3.63, 3.8) is 0 Å². The molecule has 0 spiro atoms. The number of carbonyl (C=O) groups excluding carboxylic acids is 1. The third-order valence-corrected chi connectivity index (χ3v) is 7.21. The third-order valence-electron chi connectivity index (χ3n) is 6.01. The molecule has 34 heavy (non-hydrogen) atoms. The van der Waals surface area contributed by atoms with Gasteiger partial charge >= 0.3 is 0 Å². The normalized spacial score (nSPS) is 17.4. The van der Waals surface area contributed by atoms with Crippen molar-refractivity contribution in [3.05, 3.63) is 89.5 Å². The van der Waals surface area contributed by atoms with E-state index in [1.807, 2.05) is 67.6 Å². The number of ether oxygens (including phenoxy) is 2. The molecule has 0 fully saturated rings. The van der Waals surface area contributed by atoms with Gasteiger partial charge in [-0.25, -0.2) is 4.31 Å². The molecule has 3 aromatic carbocycles. The van der Waals surface area contributed by atoms with Gasteiger partial charge in [-0.2, -0.15) is 0 Å². The fraction of sp³-hybridized carbons (Fsp3) is 0.296. The van der Waals surface area contributed by atoms with Crippen molar-refractivity contribution in [2.45, 2.75) is 43.0 Å². The summed E-state index contributed by atoms with van der Waals surface area (Å²) in [6.45, 7) is 2.43. The molecular formula is C27H30N2O4S. The maximum Gasteiger partial charge on any atom is 0.238 e. The first-order chi connectivity index (χ1) is 16.5. The van der Waals surface area contributed by atoms with E-state index >= 15 is 0 Å². The molecule has 6 nitrogen and oxygen atoms in total. The van der Waals surface area contributed by atoms with Crippen LogP contribution in [0, 0.1) is 0 Å². The summed E-state index contributed by atoms with van der Waals surface area (Å²) in [4.78, 5) is 14.5. The molecule has 2 unspecified atom stereocenters. The minimum atomic E-state index is -0.791. The van der Waals surface area contributed by atoms with Crippen molar-refractivity contribution in [1.82, 2.24) is 9.62 Å². The van der Waals surface area contributed by atoms with E-state index in [0.717, 1.165) is 21.6 Å². The summed E-state index contributed by atoms with van der Waals surface area (Å²) in [5.41, 5.74) is 2.93. The van der Waals surface area contributed by atoms with Crippen LogP contribution in [0.4, 0.5) is 0 Å². The Morgan fingerprint density at radius 3 is 2.32 bits per heavy atom. The molecule has 7 heteroatoms. The Morgan fingerprint density at radius 2 is 1.68 bits per heavy atom. The van der Waals surface area contributed by atoms with E-state index in [-0.39, 0.29) is 5.91 Å². The van der Waals surface area contributed by atoms with Crippen LogP contribution in [-0.4, -0.2) is 41.6 Å². The lowest BCUT2D eigenvalue weighted by Gasteiger charge is -2.36. The number of hydrogen-bond acceptors (Lipinski definition) is 6. The first-order valence-corrected chi connectivity index (χ1v) is 12.0. The maximum atomic E-state index is 13.5. The molecule has 4 rings (SSSR count). The zero-order valence-electron chi connectivity index (χ0n) is 19.6. The second-order valence-electron chi connectivity index (χ2n) is 8.34. The number of rotatable bonds is 8. The van der Waals surface area contributed by atoms with Crippen LogP contribution in [0.5, 0.6) is 11.5 Å². The van der Waals surface area contributed by atoms with Gasteiger partial charge in [-0.15, -0.1) is 0 Å². The maximum absolute atomic E-state index is 13.5. The van der Waals surface area contributed by atoms with E-state index in [1.54, 1.807) is 26.2 Å². The molecule has 0 aromatic heterocycles. The van der Waals surface area contributed by atoms with Gasteiger partial charge in [-0.1, -0.05) is 60.7 Å². The lowest BCUT2D eigenvalue weighted by Crippen LogP contribution is -2.50. The van der Waals surface area contributed by atoms with Crippen LogP contribution in [0.2, 0.25) is 0 Å². The van der Waals surface area contributed by atoms with Gasteiger partial charge in [0.2, 0.25) is 5.91 Å². The van der Waals surface area contributed by atoms with Gasteiger partial charge < -0.3 is 19.9 Å². The molecule has 0 saturated heterocycles. The van der Waals surface area contributed by atoms with Crippen LogP contribution in [-0.2, 0) is 17.8 Å². The first-order valence-electron chi connectivity index (χ1n) is 11.3. The van der Waals surface area contributed by atoms with Crippen LogP contribution in [0.25, 0.3) is 0 Å².